The smallest absolute Gasteiger partial charge is 0.146 e. The molecule has 0 amide bonds. The van der Waals surface area contributed by atoms with Crippen LogP contribution in [0.1, 0.15) is 5.69 Å². The summed E-state index contributed by atoms with van der Waals surface area (Å²) in [5.74, 6) is 0.302. The highest BCUT2D eigenvalue weighted by molar-refractivity contribution is 6.31. The minimum Gasteiger partial charge on any atom is -0.327 e. The molecular formula is C13H13ClFN3. The quantitative estimate of drug-likeness (QED) is 0.927. The lowest BCUT2D eigenvalue weighted by Gasteiger charge is -2.19. The van der Waals surface area contributed by atoms with Crippen LogP contribution >= 0.6 is 11.6 Å². The molecule has 0 aliphatic rings. The molecule has 94 valence electrons. The molecule has 3 nitrogen and oxygen atoms in total. The molecule has 0 aliphatic heterocycles. The van der Waals surface area contributed by atoms with Crippen molar-refractivity contribution in [2.45, 2.75) is 6.54 Å². The standard InChI is InChI=1S/C13H13ClFN3/c1-18(12-5-3-2-4-10(12)15)13-7-6-9(14)11(8-16)17-13/h2-7H,8,16H2,1H3. The number of nitrogens with two attached hydrogens (primary N) is 1. The van der Waals surface area contributed by atoms with E-state index in [1.54, 1.807) is 42.3 Å². The summed E-state index contributed by atoms with van der Waals surface area (Å²) in [5, 5.41) is 0.517. The van der Waals surface area contributed by atoms with Crippen molar-refractivity contribution in [2.24, 2.45) is 5.73 Å². The lowest BCUT2D eigenvalue weighted by Crippen LogP contribution is -2.14. The van der Waals surface area contributed by atoms with Crippen LogP contribution in [0.2, 0.25) is 5.02 Å². The van der Waals surface area contributed by atoms with Crippen LogP contribution in [0.3, 0.4) is 0 Å². The summed E-state index contributed by atoms with van der Waals surface area (Å²) in [7, 11) is 1.74. The van der Waals surface area contributed by atoms with Gasteiger partial charge < -0.3 is 10.6 Å². The zero-order chi connectivity index (χ0) is 13.1. The van der Waals surface area contributed by atoms with Gasteiger partial charge in [-0.15, -0.1) is 0 Å². The topological polar surface area (TPSA) is 42.1 Å². The summed E-state index contributed by atoms with van der Waals surface area (Å²) >= 11 is 5.94. The molecular weight excluding hydrogens is 253 g/mol. The van der Waals surface area contributed by atoms with E-state index < -0.39 is 0 Å². The molecule has 2 aromatic rings. The van der Waals surface area contributed by atoms with E-state index in [1.165, 1.54) is 6.07 Å². The van der Waals surface area contributed by atoms with E-state index in [1.807, 2.05) is 0 Å². The number of pyridine rings is 1. The number of aromatic nitrogens is 1. The molecule has 5 heteroatoms. The van der Waals surface area contributed by atoms with Crippen LogP contribution in [-0.4, -0.2) is 12.0 Å². The first-order valence-corrected chi connectivity index (χ1v) is 5.85. The van der Waals surface area contributed by atoms with Gasteiger partial charge in [-0.2, -0.15) is 0 Å². The maximum Gasteiger partial charge on any atom is 0.146 e. The molecule has 0 bridgehead atoms. The van der Waals surface area contributed by atoms with Crippen LogP contribution in [0.25, 0.3) is 0 Å². The Morgan fingerprint density at radius 3 is 2.67 bits per heavy atom. The molecule has 1 aromatic heterocycles. The molecule has 1 aromatic carbocycles. The van der Waals surface area contributed by atoms with Crippen LogP contribution in [-0.2, 0) is 6.54 Å². The Morgan fingerprint density at radius 1 is 1.28 bits per heavy atom. The molecule has 2 N–H and O–H groups in total. The second kappa shape index (κ2) is 5.33. The van der Waals surface area contributed by atoms with Crippen molar-refractivity contribution >= 4 is 23.1 Å². The van der Waals surface area contributed by atoms with Crippen LogP contribution in [0.5, 0.6) is 0 Å². The Kier molecular flexibility index (Phi) is 3.79. The van der Waals surface area contributed by atoms with E-state index in [4.69, 9.17) is 17.3 Å². The van der Waals surface area contributed by atoms with Crippen molar-refractivity contribution in [2.75, 3.05) is 11.9 Å². The third-order valence-electron chi connectivity index (χ3n) is 2.65. The molecule has 0 fully saturated rings. The zero-order valence-electron chi connectivity index (χ0n) is 9.90. The Balaban J connectivity index is 2.40. The monoisotopic (exact) mass is 265 g/mol. The first kappa shape index (κ1) is 12.8. The largest absolute Gasteiger partial charge is 0.327 e. The summed E-state index contributed by atoms with van der Waals surface area (Å²) < 4.78 is 13.7. The summed E-state index contributed by atoms with van der Waals surface area (Å²) in [4.78, 5) is 5.97. The fourth-order valence-corrected chi connectivity index (χ4v) is 1.83. The van der Waals surface area contributed by atoms with Gasteiger partial charge in [-0.3, -0.25) is 0 Å². The SMILES string of the molecule is CN(c1ccc(Cl)c(CN)n1)c1ccccc1F. The van der Waals surface area contributed by atoms with Crippen LogP contribution in [0.15, 0.2) is 36.4 Å². The molecule has 0 spiro atoms. The van der Waals surface area contributed by atoms with Crippen molar-refractivity contribution in [1.29, 1.82) is 0 Å². The van der Waals surface area contributed by atoms with Crippen molar-refractivity contribution < 1.29 is 4.39 Å². The van der Waals surface area contributed by atoms with E-state index in [0.29, 0.717) is 22.2 Å². The average Bonchev–Trinajstić information content (AvgIpc) is 2.39. The number of halogens is 2. The third-order valence-corrected chi connectivity index (χ3v) is 3.00. The van der Waals surface area contributed by atoms with Gasteiger partial charge in [-0.1, -0.05) is 23.7 Å². The molecule has 1 heterocycles. The second-order valence-corrected chi connectivity index (χ2v) is 4.22. The van der Waals surface area contributed by atoms with E-state index >= 15 is 0 Å². The highest BCUT2D eigenvalue weighted by Gasteiger charge is 2.11. The number of benzene rings is 1. The molecule has 0 saturated heterocycles. The van der Waals surface area contributed by atoms with Gasteiger partial charge >= 0.3 is 0 Å². The van der Waals surface area contributed by atoms with E-state index in [9.17, 15) is 4.39 Å². The van der Waals surface area contributed by atoms with Gasteiger partial charge in [0.25, 0.3) is 0 Å². The van der Waals surface area contributed by atoms with E-state index in [2.05, 4.69) is 4.98 Å². The normalized spacial score (nSPS) is 10.4. The van der Waals surface area contributed by atoms with Gasteiger partial charge in [0.1, 0.15) is 11.6 Å². The number of anilines is 2. The first-order valence-electron chi connectivity index (χ1n) is 5.47. The lowest BCUT2D eigenvalue weighted by molar-refractivity contribution is 0.627. The number of para-hydroxylation sites is 1. The molecule has 0 radical (unpaired) electrons. The van der Waals surface area contributed by atoms with Gasteiger partial charge in [0.05, 0.1) is 16.4 Å². The van der Waals surface area contributed by atoms with E-state index in [0.717, 1.165) is 0 Å². The number of nitrogens with zero attached hydrogens (tertiary/aromatic N) is 2. The summed E-state index contributed by atoms with van der Waals surface area (Å²) in [6, 6.07) is 9.96. The van der Waals surface area contributed by atoms with Crippen molar-refractivity contribution in [1.82, 2.24) is 4.98 Å². The molecule has 0 aliphatic carbocycles. The fourth-order valence-electron chi connectivity index (χ4n) is 1.65. The maximum atomic E-state index is 13.7. The highest BCUT2D eigenvalue weighted by atomic mass is 35.5. The van der Waals surface area contributed by atoms with Gasteiger partial charge in [0, 0.05) is 13.6 Å². The van der Waals surface area contributed by atoms with Gasteiger partial charge in [0.15, 0.2) is 0 Å². The molecule has 0 atom stereocenters. The molecule has 2 rings (SSSR count). The number of rotatable bonds is 3. The predicted octanol–water partition coefficient (Wildman–Crippen LogP) is 3.10. The second-order valence-electron chi connectivity index (χ2n) is 3.81. The Bertz CT molecular complexity index is 560. The van der Waals surface area contributed by atoms with Crippen molar-refractivity contribution in [3.05, 3.63) is 52.9 Å². The van der Waals surface area contributed by atoms with Crippen molar-refractivity contribution in [3.8, 4) is 0 Å². The zero-order valence-corrected chi connectivity index (χ0v) is 10.7. The van der Waals surface area contributed by atoms with Crippen LogP contribution in [0.4, 0.5) is 15.9 Å². The highest BCUT2D eigenvalue weighted by Crippen LogP contribution is 2.26. The Hall–Kier alpha value is -1.65. The fraction of sp³-hybridized carbons (Fsp3) is 0.154. The molecule has 0 unspecified atom stereocenters. The summed E-state index contributed by atoms with van der Waals surface area (Å²) in [6.45, 7) is 0.248. The van der Waals surface area contributed by atoms with Gasteiger partial charge in [-0.25, -0.2) is 9.37 Å². The Labute approximate surface area is 110 Å². The number of hydrogen-bond donors (Lipinski definition) is 1. The summed E-state index contributed by atoms with van der Waals surface area (Å²) in [5.41, 5.74) is 6.60. The van der Waals surface area contributed by atoms with Gasteiger partial charge in [0.2, 0.25) is 0 Å². The lowest BCUT2D eigenvalue weighted by atomic mass is 10.2. The van der Waals surface area contributed by atoms with Crippen LogP contribution < -0.4 is 10.6 Å². The minimum absolute atomic E-state index is 0.248. The average molecular weight is 266 g/mol. The van der Waals surface area contributed by atoms with E-state index in [-0.39, 0.29) is 12.4 Å². The minimum atomic E-state index is -0.300. The first-order chi connectivity index (χ1) is 8.63. The third kappa shape index (κ3) is 2.44. The maximum absolute atomic E-state index is 13.7. The summed E-state index contributed by atoms with van der Waals surface area (Å²) in [6.07, 6.45) is 0. The predicted molar refractivity (Wildman–Crippen MR) is 71.6 cm³/mol. The number of hydrogen-bond acceptors (Lipinski definition) is 3. The molecule has 0 saturated carbocycles. The Morgan fingerprint density at radius 2 is 2.00 bits per heavy atom. The van der Waals surface area contributed by atoms with Crippen LogP contribution in [0, 0.1) is 5.82 Å². The van der Waals surface area contributed by atoms with Crippen molar-refractivity contribution in [3.63, 3.8) is 0 Å². The molecule has 18 heavy (non-hydrogen) atoms. The van der Waals surface area contributed by atoms with Gasteiger partial charge in [-0.05, 0) is 24.3 Å².